The zero-order valence-electron chi connectivity index (χ0n) is 9.78. The maximum atomic E-state index is 4.22. The van der Waals surface area contributed by atoms with Gasteiger partial charge in [-0.15, -0.1) is 0 Å². The van der Waals surface area contributed by atoms with E-state index in [1.807, 2.05) is 6.07 Å². The lowest BCUT2D eigenvalue weighted by Gasteiger charge is -2.35. The highest BCUT2D eigenvalue weighted by molar-refractivity contribution is 9.10. The molecule has 4 heteroatoms. The van der Waals surface area contributed by atoms with Crippen LogP contribution in [0.4, 0.5) is 5.69 Å². The quantitative estimate of drug-likeness (QED) is 0.846. The number of rotatable bonds is 2. The lowest BCUT2D eigenvalue weighted by molar-refractivity contribution is 0.190. The number of likely N-dealkylation sites (tertiary alicyclic amines) is 1. The summed E-state index contributed by atoms with van der Waals surface area (Å²) in [5.74, 6) is 0. The van der Waals surface area contributed by atoms with Gasteiger partial charge in [0, 0.05) is 24.8 Å². The third kappa shape index (κ3) is 2.74. The van der Waals surface area contributed by atoms with Gasteiger partial charge >= 0.3 is 0 Å². The first-order valence-corrected chi connectivity index (χ1v) is 6.53. The van der Waals surface area contributed by atoms with E-state index in [1.165, 1.54) is 12.8 Å². The van der Waals surface area contributed by atoms with Crippen LogP contribution in [0, 0.1) is 0 Å². The standard InChI is InChI=1S/C12H18BrN3/c1-9-8-10(5-7-16(9)2)15-11-4-3-6-14-12(11)13/h3-4,6,9-10,15H,5,7-8H2,1-2H3. The minimum Gasteiger partial charge on any atom is -0.380 e. The average Bonchev–Trinajstić information content (AvgIpc) is 2.27. The molecule has 16 heavy (non-hydrogen) atoms. The molecule has 0 saturated carbocycles. The van der Waals surface area contributed by atoms with Gasteiger partial charge < -0.3 is 10.2 Å². The third-order valence-corrected chi connectivity index (χ3v) is 3.96. The Kier molecular flexibility index (Phi) is 3.82. The molecule has 0 aromatic carbocycles. The number of pyridine rings is 1. The second-order valence-corrected chi connectivity index (χ2v) is 5.29. The summed E-state index contributed by atoms with van der Waals surface area (Å²) in [4.78, 5) is 6.64. The molecule has 1 aromatic rings. The molecule has 0 radical (unpaired) electrons. The van der Waals surface area contributed by atoms with Crippen molar-refractivity contribution >= 4 is 21.6 Å². The Hall–Kier alpha value is -0.610. The van der Waals surface area contributed by atoms with E-state index in [9.17, 15) is 0 Å². The molecule has 1 saturated heterocycles. The van der Waals surface area contributed by atoms with Crippen molar-refractivity contribution in [3.8, 4) is 0 Å². The third-order valence-electron chi connectivity index (χ3n) is 3.33. The van der Waals surface area contributed by atoms with Crippen molar-refractivity contribution < 1.29 is 0 Å². The highest BCUT2D eigenvalue weighted by atomic mass is 79.9. The first kappa shape index (κ1) is 11.9. The largest absolute Gasteiger partial charge is 0.380 e. The fourth-order valence-corrected chi connectivity index (χ4v) is 2.50. The SMILES string of the molecule is CC1CC(Nc2cccnc2Br)CCN1C. The van der Waals surface area contributed by atoms with Gasteiger partial charge in [0.15, 0.2) is 0 Å². The zero-order valence-corrected chi connectivity index (χ0v) is 11.4. The summed E-state index contributed by atoms with van der Waals surface area (Å²) in [5.41, 5.74) is 1.10. The minimum atomic E-state index is 0.562. The van der Waals surface area contributed by atoms with Crippen molar-refractivity contribution in [1.29, 1.82) is 0 Å². The molecule has 2 atom stereocenters. The van der Waals surface area contributed by atoms with Crippen molar-refractivity contribution in [2.75, 3.05) is 18.9 Å². The molecule has 88 valence electrons. The van der Waals surface area contributed by atoms with E-state index in [2.05, 4.69) is 51.2 Å². The van der Waals surface area contributed by atoms with E-state index >= 15 is 0 Å². The van der Waals surface area contributed by atoms with E-state index in [0.29, 0.717) is 12.1 Å². The number of aromatic nitrogens is 1. The van der Waals surface area contributed by atoms with Gasteiger partial charge in [0.1, 0.15) is 4.60 Å². The molecule has 0 amide bonds. The summed E-state index contributed by atoms with van der Waals surface area (Å²) < 4.78 is 0.904. The summed E-state index contributed by atoms with van der Waals surface area (Å²) >= 11 is 3.47. The van der Waals surface area contributed by atoms with Gasteiger partial charge in [-0.2, -0.15) is 0 Å². The first-order valence-electron chi connectivity index (χ1n) is 5.74. The molecule has 0 spiro atoms. The predicted molar refractivity (Wildman–Crippen MR) is 70.7 cm³/mol. The van der Waals surface area contributed by atoms with Gasteiger partial charge in [0.25, 0.3) is 0 Å². The fraction of sp³-hybridized carbons (Fsp3) is 0.583. The molecule has 1 aliphatic rings. The number of nitrogens with zero attached hydrogens (tertiary/aromatic N) is 2. The summed E-state index contributed by atoms with van der Waals surface area (Å²) in [6.07, 6.45) is 4.19. The lowest BCUT2D eigenvalue weighted by Crippen LogP contribution is -2.42. The number of hydrogen-bond donors (Lipinski definition) is 1. The summed E-state index contributed by atoms with van der Waals surface area (Å²) in [6.45, 7) is 3.45. The number of hydrogen-bond acceptors (Lipinski definition) is 3. The van der Waals surface area contributed by atoms with Crippen molar-refractivity contribution in [1.82, 2.24) is 9.88 Å². The van der Waals surface area contributed by atoms with Crippen LogP contribution in [0.1, 0.15) is 19.8 Å². The van der Waals surface area contributed by atoms with Crippen LogP contribution in [0.25, 0.3) is 0 Å². The number of piperidine rings is 1. The second kappa shape index (κ2) is 5.15. The highest BCUT2D eigenvalue weighted by Crippen LogP contribution is 2.23. The molecule has 2 unspecified atom stereocenters. The van der Waals surface area contributed by atoms with Crippen molar-refractivity contribution in [3.05, 3.63) is 22.9 Å². The Morgan fingerprint density at radius 2 is 2.38 bits per heavy atom. The van der Waals surface area contributed by atoms with E-state index in [-0.39, 0.29) is 0 Å². The van der Waals surface area contributed by atoms with Gasteiger partial charge in [0.2, 0.25) is 0 Å². The molecule has 0 bridgehead atoms. The summed E-state index contributed by atoms with van der Waals surface area (Å²) in [7, 11) is 2.20. The van der Waals surface area contributed by atoms with E-state index in [4.69, 9.17) is 0 Å². The number of nitrogens with one attached hydrogen (secondary N) is 1. The Balaban J connectivity index is 1.98. The molecular formula is C12H18BrN3. The normalized spacial score (nSPS) is 26.7. The molecule has 3 nitrogen and oxygen atoms in total. The van der Waals surface area contributed by atoms with Gasteiger partial charge in [-0.3, -0.25) is 0 Å². The molecular weight excluding hydrogens is 266 g/mol. The van der Waals surface area contributed by atoms with Gasteiger partial charge in [0.05, 0.1) is 5.69 Å². The van der Waals surface area contributed by atoms with Crippen LogP contribution in [0.2, 0.25) is 0 Å². The van der Waals surface area contributed by atoms with Crippen LogP contribution in [-0.2, 0) is 0 Å². The van der Waals surface area contributed by atoms with Gasteiger partial charge in [-0.1, -0.05) is 0 Å². The van der Waals surface area contributed by atoms with E-state index < -0.39 is 0 Å². The van der Waals surface area contributed by atoms with Crippen LogP contribution in [0.3, 0.4) is 0 Å². The van der Waals surface area contributed by atoms with Crippen LogP contribution in [0.5, 0.6) is 0 Å². The summed E-state index contributed by atoms with van der Waals surface area (Å²) in [5, 5.41) is 3.56. The Morgan fingerprint density at radius 3 is 3.06 bits per heavy atom. The topological polar surface area (TPSA) is 28.2 Å². The summed E-state index contributed by atoms with van der Waals surface area (Å²) in [6, 6.07) is 5.25. The molecule has 2 rings (SSSR count). The van der Waals surface area contributed by atoms with Crippen molar-refractivity contribution in [2.24, 2.45) is 0 Å². The molecule has 1 aliphatic heterocycles. The lowest BCUT2D eigenvalue weighted by atomic mass is 9.99. The van der Waals surface area contributed by atoms with Crippen LogP contribution in [0.15, 0.2) is 22.9 Å². The van der Waals surface area contributed by atoms with Crippen LogP contribution >= 0.6 is 15.9 Å². The molecule has 0 aliphatic carbocycles. The molecule has 1 fully saturated rings. The smallest absolute Gasteiger partial charge is 0.129 e. The maximum absolute atomic E-state index is 4.22. The highest BCUT2D eigenvalue weighted by Gasteiger charge is 2.22. The van der Waals surface area contributed by atoms with Crippen molar-refractivity contribution in [3.63, 3.8) is 0 Å². The minimum absolute atomic E-state index is 0.562. The Bertz CT molecular complexity index is 356. The molecule has 2 heterocycles. The van der Waals surface area contributed by atoms with Gasteiger partial charge in [-0.25, -0.2) is 4.98 Å². The predicted octanol–water partition coefficient (Wildman–Crippen LogP) is 2.74. The monoisotopic (exact) mass is 283 g/mol. The first-order chi connectivity index (χ1) is 7.66. The average molecular weight is 284 g/mol. The van der Waals surface area contributed by atoms with E-state index in [0.717, 1.165) is 16.8 Å². The van der Waals surface area contributed by atoms with Crippen molar-refractivity contribution in [2.45, 2.75) is 31.8 Å². The second-order valence-electron chi connectivity index (χ2n) is 4.54. The van der Waals surface area contributed by atoms with Crippen LogP contribution in [-0.4, -0.2) is 35.6 Å². The molecule has 1 N–H and O–H groups in total. The maximum Gasteiger partial charge on any atom is 0.129 e. The molecule has 1 aromatic heterocycles. The van der Waals surface area contributed by atoms with Gasteiger partial charge in [-0.05, 0) is 54.9 Å². The Labute approximate surface area is 105 Å². The zero-order chi connectivity index (χ0) is 11.5. The Morgan fingerprint density at radius 1 is 1.56 bits per heavy atom. The fourth-order valence-electron chi connectivity index (χ4n) is 2.13. The van der Waals surface area contributed by atoms with E-state index in [1.54, 1.807) is 6.20 Å². The number of anilines is 1. The number of halogens is 1. The van der Waals surface area contributed by atoms with Crippen LogP contribution < -0.4 is 5.32 Å².